The predicted molar refractivity (Wildman–Crippen MR) is 168 cm³/mol. The van der Waals surface area contributed by atoms with E-state index in [1.165, 1.54) is 17.0 Å². The van der Waals surface area contributed by atoms with E-state index in [-0.39, 0.29) is 23.4 Å². The Bertz CT molecular complexity index is 1520. The first kappa shape index (κ1) is 31.9. The summed E-state index contributed by atoms with van der Waals surface area (Å²) in [6.45, 7) is 4.85. The van der Waals surface area contributed by atoms with E-state index in [4.69, 9.17) is 23.2 Å². The molecule has 3 aromatic rings. The van der Waals surface area contributed by atoms with Crippen molar-refractivity contribution in [3.05, 3.63) is 93.5 Å². The van der Waals surface area contributed by atoms with Crippen LogP contribution in [0.4, 0.5) is 5.69 Å². The lowest BCUT2D eigenvalue weighted by atomic mass is 9.95. The number of hydrogen-bond donors (Lipinski definition) is 1. The van der Waals surface area contributed by atoms with Crippen molar-refractivity contribution in [3.8, 4) is 0 Å². The number of rotatable bonds is 10. The molecule has 1 N–H and O–H groups in total. The van der Waals surface area contributed by atoms with Crippen molar-refractivity contribution in [1.29, 1.82) is 0 Å². The van der Waals surface area contributed by atoms with Crippen molar-refractivity contribution in [1.82, 2.24) is 10.2 Å². The molecule has 1 saturated carbocycles. The maximum atomic E-state index is 14.1. The summed E-state index contributed by atoms with van der Waals surface area (Å²) in [5.41, 5.74) is 2.55. The molecule has 0 bridgehead atoms. The summed E-state index contributed by atoms with van der Waals surface area (Å²) in [6, 6.07) is 17.6. The maximum absolute atomic E-state index is 14.1. The van der Waals surface area contributed by atoms with Gasteiger partial charge in [0.2, 0.25) is 11.8 Å². The zero-order chi connectivity index (χ0) is 30.4. The van der Waals surface area contributed by atoms with Crippen molar-refractivity contribution in [3.63, 3.8) is 0 Å². The highest BCUT2D eigenvalue weighted by molar-refractivity contribution is 7.92. The third kappa shape index (κ3) is 7.85. The minimum Gasteiger partial charge on any atom is -0.352 e. The van der Waals surface area contributed by atoms with E-state index in [1.807, 2.05) is 13.0 Å². The lowest BCUT2D eigenvalue weighted by Gasteiger charge is -2.33. The molecule has 0 radical (unpaired) electrons. The Morgan fingerprint density at radius 2 is 1.60 bits per heavy atom. The molecule has 0 unspecified atom stereocenters. The van der Waals surface area contributed by atoms with Crippen molar-refractivity contribution in [2.45, 2.75) is 76.4 Å². The van der Waals surface area contributed by atoms with Crippen LogP contribution in [0, 0.1) is 13.8 Å². The van der Waals surface area contributed by atoms with Gasteiger partial charge >= 0.3 is 0 Å². The Hall–Kier alpha value is -3.07. The Morgan fingerprint density at radius 3 is 2.24 bits per heavy atom. The molecule has 0 heterocycles. The number of aryl methyl sites for hydroxylation is 2. The molecule has 1 atom stereocenters. The van der Waals surface area contributed by atoms with Crippen LogP contribution in [0.5, 0.6) is 0 Å². The molecule has 4 rings (SSSR count). The van der Waals surface area contributed by atoms with Gasteiger partial charge in [-0.3, -0.25) is 13.9 Å². The van der Waals surface area contributed by atoms with Crippen LogP contribution in [0.15, 0.2) is 71.6 Å². The van der Waals surface area contributed by atoms with Gasteiger partial charge in [-0.05, 0) is 87.2 Å². The molecule has 1 fully saturated rings. The summed E-state index contributed by atoms with van der Waals surface area (Å²) >= 11 is 12.4. The topological polar surface area (TPSA) is 86.8 Å². The molecule has 10 heteroatoms. The average molecular weight is 631 g/mol. The van der Waals surface area contributed by atoms with E-state index >= 15 is 0 Å². The van der Waals surface area contributed by atoms with Crippen molar-refractivity contribution < 1.29 is 18.0 Å². The van der Waals surface area contributed by atoms with E-state index in [0.29, 0.717) is 21.3 Å². The van der Waals surface area contributed by atoms with Gasteiger partial charge in [0, 0.05) is 22.6 Å². The quantitative estimate of drug-likeness (QED) is 0.271. The molecule has 7 nitrogen and oxygen atoms in total. The van der Waals surface area contributed by atoms with Crippen LogP contribution < -0.4 is 9.62 Å². The van der Waals surface area contributed by atoms with Crippen LogP contribution in [0.3, 0.4) is 0 Å². The zero-order valence-electron chi connectivity index (χ0n) is 24.1. The summed E-state index contributed by atoms with van der Waals surface area (Å²) < 4.78 is 29.2. The highest BCUT2D eigenvalue weighted by atomic mass is 35.5. The number of sulfonamides is 1. The maximum Gasteiger partial charge on any atom is 0.264 e. The van der Waals surface area contributed by atoms with Crippen LogP contribution in [0.25, 0.3) is 0 Å². The van der Waals surface area contributed by atoms with Gasteiger partial charge in [0.1, 0.15) is 12.6 Å². The van der Waals surface area contributed by atoms with Crippen LogP contribution in [0.2, 0.25) is 10.0 Å². The fraction of sp³-hybridized carbons (Fsp3) is 0.375. The molecule has 3 aromatic carbocycles. The van der Waals surface area contributed by atoms with E-state index in [0.717, 1.165) is 47.5 Å². The molecule has 0 spiro atoms. The van der Waals surface area contributed by atoms with Gasteiger partial charge in [0.15, 0.2) is 0 Å². The Kier molecular flexibility index (Phi) is 10.6. The lowest BCUT2D eigenvalue weighted by Crippen LogP contribution is -2.53. The lowest BCUT2D eigenvalue weighted by molar-refractivity contribution is -0.139. The number of anilines is 1. The van der Waals surface area contributed by atoms with Gasteiger partial charge in [0.05, 0.1) is 10.6 Å². The highest BCUT2D eigenvalue weighted by Crippen LogP contribution is 2.30. The molecule has 1 aliphatic rings. The minimum atomic E-state index is -4.16. The third-order valence-corrected chi connectivity index (χ3v) is 9.92. The van der Waals surface area contributed by atoms with Gasteiger partial charge in [-0.1, -0.05) is 72.3 Å². The highest BCUT2D eigenvalue weighted by Gasteiger charge is 2.33. The van der Waals surface area contributed by atoms with E-state index in [9.17, 15) is 18.0 Å². The number of nitrogens with zero attached hydrogens (tertiary/aromatic N) is 2. The fourth-order valence-electron chi connectivity index (χ4n) is 5.23. The second-order valence-corrected chi connectivity index (χ2v) is 13.7. The second kappa shape index (κ2) is 13.9. The third-order valence-electron chi connectivity index (χ3n) is 7.68. The normalized spacial score (nSPS) is 14.7. The van der Waals surface area contributed by atoms with Crippen LogP contribution in [-0.2, 0) is 26.2 Å². The summed E-state index contributed by atoms with van der Waals surface area (Å²) in [6.07, 6.45) is 5.06. The van der Waals surface area contributed by atoms with Crippen LogP contribution >= 0.6 is 23.2 Å². The van der Waals surface area contributed by atoms with Gasteiger partial charge in [-0.15, -0.1) is 0 Å². The second-order valence-electron chi connectivity index (χ2n) is 10.9. The average Bonchev–Trinajstić information content (AvgIpc) is 2.95. The molecule has 42 heavy (non-hydrogen) atoms. The molecule has 224 valence electrons. The van der Waals surface area contributed by atoms with E-state index in [1.54, 1.807) is 62.4 Å². The number of benzene rings is 3. The summed E-state index contributed by atoms with van der Waals surface area (Å²) in [5, 5.41) is 4.06. The van der Waals surface area contributed by atoms with Crippen molar-refractivity contribution >= 4 is 50.7 Å². The summed E-state index contributed by atoms with van der Waals surface area (Å²) in [5.74, 6) is -0.792. The number of amides is 2. The van der Waals surface area contributed by atoms with Crippen LogP contribution in [0.1, 0.15) is 55.7 Å². The SMILES string of the molecule is Cc1ccc(S(=O)(=O)N(CC(=O)N(Cc2cccc(Cl)c2)[C@H](C)C(=O)NC2CCCCC2)c2ccc(Cl)cc2C)cc1. The van der Waals surface area contributed by atoms with Crippen LogP contribution in [-0.4, -0.2) is 43.8 Å². The Morgan fingerprint density at radius 1 is 0.929 bits per heavy atom. The number of halogens is 2. The zero-order valence-corrected chi connectivity index (χ0v) is 26.5. The standard InChI is InChI=1S/C32H37Cl2N3O4S/c1-22-12-15-29(16-13-22)42(40,41)37(30-17-14-27(34)18-23(30)2)21-31(38)36(20-25-8-7-9-26(33)19-25)24(3)32(39)35-28-10-5-4-6-11-28/h7-9,12-19,24,28H,4-6,10-11,20-21H2,1-3H3,(H,35,39)/t24-/m1/s1. The monoisotopic (exact) mass is 629 g/mol. The van der Waals surface area contributed by atoms with Crippen molar-refractivity contribution in [2.24, 2.45) is 0 Å². The Balaban J connectivity index is 1.70. The molecular weight excluding hydrogens is 593 g/mol. The van der Waals surface area contributed by atoms with E-state index in [2.05, 4.69) is 5.32 Å². The fourth-order valence-corrected chi connectivity index (χ4v) is 7.15. The van der Waals surface area contributed by atoms with Gasteiger partial charge in [-0.2, -0.15) is 0 Å². The van der Waals surface area contributed by atoms with Crippen molar-refractivity contribution in [2.75, 3.05) is 10.8 Å². The first-order chi connectivity index (χ1) is 20.0. The molecule has 0 saturated heterocycles. The number of hydrogen-bond acceptors (Lipinski definition) is 4. The largest absolute Gasteiger partial charge is 0.352 e. The molecule has 2 amide bonds. The van der Waals surface area contributed by atoms with Gasteiger partial charge in [0.25, 0.3) is 10.0 Å². The Labute approximate surface area is 258 Å². The van der Waals surface area contributed by atoms with E-state index < -0.39 is 28.5 Å². The minimum absolute atomic E-state index is 0.0553. The smallest absolute Gasteiger partial charge is 0.264 e. The number of carbonyl (C=O) groups excluding carboxylic acids is 2. The van der Waals surface area contributed by atoms with Gasteiger partial charge < -0.3 is 10.2 Å². The summed E-state index contributed by atoms with van der Waals surface area (Å²) in [4.78, 5) is 29.1. The number of carbonyl (C=O) groups is 2. The predicted octanol–water partition coefficient (Wildman–Crippen LogP) is 6.67. The summed E-state index contributed by atoms with van der Waals surface area (Å²) in [7, 11) is -4.16. The molecule has 0 aromatic heterocycles. The molecular formula is C32H37Cl2N3O4S. The first-order valence-electron chi connectivity index (χ1n) is 14.2. The number of nitrogens with one attached hydrogen (secondary N) is 1. The first-order valence-corrected chi connectivity index (χ1v) is 16.3. The van der Waals surface area contributed by atoms with Gasteiger partial charge in [-0.25, -0.2) is 8.42 Å². The molecule has 1 aliphatic carbocycles. The molecule has 0 aliphatic heterocycles.